The highest BCUT2D eigenvalue weighted by Gasteiger charge is 2.08. The molecule has 2 heteroatoms. The highest BCUT2D eigenvalue weighted by atomic mass is 15.2. The quantitative estimate of drug-likeness (QED) is 0.712. The Balaban J connectivity index is 0. The average Bonchev–Trinajstić information content (AvgIpc) is 2.04. The minimum absolute atomic E-state index is 0.685. The van der Waals surface area contributed by atoms with Crippen molar-refractivity contribution in [1.29, 1.82) is 0 Å². The summed E-state index contributed by atoms with van der Waals surface area (Å²) in [4.78, 5) is 4.62. The lowest BCUT2D eigenvalue weighted by Crippen LogP contribution is -2.36. The van der Waals surface area contributed by atoms with Crippen LogP contribution in [0.4, 0.5) is 0 Å². The Morgan fingerprint density at radius 2 is 1.00 bits per heavy atom. The Kier molecular flexibility index (Phi) is 10.6. The predicted octanol–water partition coefficient (Wildman–Crippen LogP) is 3.08. The predicted molar refractivity (Wildman–Crippen MR) is 71.5 cm³/mol. The lowest BCUT2D eigenvalue weighted by Gasteiger charge is -2.28. The molecule has 0 aliphatic heterocycles. The van der Waals surface area contributed by atoms with E-state index in [4.69, 9.17) is 0 Å². The highest BCUT2D eigenvalue weighted by molar-refractivity contribution is 4.64. The van der Waals surface area contributed by atoms with Gasteiger partial charge in [0.15, 0.2) is 0 Å². The van der Waals surface area contributed by atoms with Crippen molar-refractivity contribution < 1.29 is 0 Å². The molecule has 0 aromatic carbocycles. The SMILES string of the molecule is CC(C)N(C)C.CCN(C(C)C)C(C)C. The van der Waals surface area contributed by atoms with Crippen LogP contribution in [0.3, 0.4) is 0 Å². The zero-order chi connectivity index (χ0) is 12.6. The first-order valence-electron chi connectivity index (χ1n) is 6.16. The first-order valence-corrected chi connectivity index (χ1v) is 6.16. The average molecular weight is 216 g/mol. The zero-order valence-corrected chi connectivity index (χ0v) is 12.3. The summed E-state index contributed by atoms with van der Waals surface area (Å²) < 4.78 is 0. The minimum atomic E-state index is 0.685. The summed E-state index contributed by atoms with van der Waals surface area (Å²) in [5.74, 6) is 0. The monoisotopic (exact) mass is 216 g/mol. The molecule has 0 rings (SSSR count). The lowest BCUT2D eigenvalue weighted by molar-refractivity contribution is 0.185. The van der Waals surface area contributed by atoms with Gasteiger partial charge in [-0.2, -0.15) is 0 Å². The van der Waals surface area contributed by atoms with Gasteiger partial charge in [-0.15, -0.1) is 0 Å². The fourth-order valence-corrected chi connectivity index (χ4v) is 1.33. The van der Waals surface area contributed by atoms with Gasteiger partial charge >= 0.3 is 0 Å². The number of rotatable bonds is 4. The Bertz CT molecular complexity index is 114. The van der Waals surface area contributed by atoms with E-state index < -0.39 is 0 Å². The van der Waals surface area contributed by atoms with E-state index in [1.807, 2.05) is 0 Å². The van der Waals surface area contributed by atoms with Crippen molar-refractivity contribution in [2.24, 2.45) is 0 Å². The number of hydrogen-bond donors (Lipinski definition) is 0. The Morgan fingerprint density at radius 1 is 0.733 bits per heavy atom. The van der Waals surface area contributed by atoms with E-state index >= 15 is 0 Å². The summed E-state index contributed by atoms with van der Waals surface area (Å²) in [7, 11) is 4.15. The second-order valence-electron chi connectivity index (χ2n) is 5.08. The molecule has 0 saturated heterocycles. The summed E-state index contributed by atoms with van der Waals surface area (Å²) in [6, 6.07) is 2.06. The van der Waals surface area contributed by atoms with Crippen LogP contribution in [0.15, 0.2) is 0 Å². The van der Waals surface area contributed by atoms with Gasteiger partial charge in [0.05, 0.1) is 0 Å². The van der Waals surface area contributed by atoms with Crippen LogP contribution < -0.4 is 0 Å². The van der Waals surface area contributed by atoms with Gasteiger partial charge in [-0.25, -0.2) is 0 Å². The van der Waals surface area contributed by atoms with Crippen LogP contribution in [-0.2, 0) is 0 Å². The molecule has 0 radical (unpaired) electrons. The molecule has 0 saturated carbocycles. The molecule has 0 aliphatic carbocycles. The van der Waals surface area contributed by atoms with Crippen molar-refractivity contribution in [2.75, 3.05) is 20.6 Å². The van der Waals surface area contributed by atoms with Crippen molar-refractivity contribution in [3.63, 3.8) is 0 Å². The number of hydrogen-bond acceptors (Lipinski definition) is 2. The first-order chi connectivity index (χ1) is 6.73. The molecule has 94 valence electrons. The van der Waals surface area contributed by atoms with E-state index in [1.54, 1.807) is 0 Å². The van der Waals surface area contributed by atoms with Crippen molar-refractivity contribution in [1.82, 2.24) is 9.80 Å². The summed E-state index contributed by atoms with van der Waals surface area (Å²) in [6.07, 6.45) is 0. The summed E-state index contributed by atoms with van der Waals surface area (Å²) >= 11 is 0. The molecular formula is C13H32N2. The summed E-state index contributed by atoms with van der Waals surface area (Å²) in [5.41, 5.74) is 0. The van der Waals surface area contributed by atoms with Gasteiger partial charge in [-0.1, -0.05) is 6.92 Å². The van der Waals surface area contributed by atoms with Gasteiger partial charge in [-0.3, -0.25) is 4.90 Å². The van der Waals surface area contributed by atoms with E-state index in [9.17, 15) is 0 Å². The Labute approximate surface area is 97.6 Å². The van der Waals surface area contributed by atoms with Gasteiger partial charge in [0.1, 0.15) is 0 Å². The van der Waals surface area contributed by atoms with Gasteiger partial charge in [0.2, 0.25) is 0 Å². The molecule has 0 atom stereocenters. The van der Waals surface area contributed by atoms with E-state index in [2.05, 4.69) is 72.4 Å². The van der Waals surface area contributed by atoms with Crippen LogP contribution in [0.1, 0.15) is 48.5 Å². The second-order valence-corrected chi connectivity index (χ2v) is 5.08. The third-order valence-corrected chi connectivity index (χ3v) is 2.72. The van der Waals surface area contributed by atoms with Crippen molar-refractivity contribution in [3.05, 3.63) is 0 Å². The van der Waals surface area contributed by atoms with Gasteiger partial charge in [0.25, 0.3) is 0 Å². The molecule has 0 aromatic heterocycles. The zero-order valence-electron chi connectivity index (χ0n) is 12.3. The van der Waals surface area contributed by atoms with Crippen LogP contribution in [0.2, 0.25) is 0 Å². The highest BCUT2D eigenvalue weighted by Crippen LogP contribution is 2.02. The second kappa shape index (κ2) is 9.17. The van der Waals surface area contributed by atoms with Crippen LogP contribution >= 0.6 is 0 Å². The molecule has 0 aromatic rings. The molecule has 0 heterocycles. The molecule has 2 nitrogen and oxygen atoms in total. The van der Waals surface area contributed by atoms with E-state index in [0.29, 0.717) is 18.1 Å². The molecule has 0 fully saturated rings. The molecular weight excluding hydrogens is 184 g/mol. The Hall–Kier alpha value is -0.0800. The largest absolute Gasteiger partial charge is 0.307 e. The van der Waals surface area contributed by atoms with E-state index in [-0.39, 0.29) is 0 Å². The van der Waals surface area contributed by atoms with E-state index in [1.165, 1.54) is 0 Å². The Morgan fingerprint density at radius 3 is 1.00 bits per heavy atom. The fourth-order valence-electron chi connectivity index (χ4n) is 1.33. The molecule has 0 amide bonds. The van der Waals surface area contributed by atoms with Gasteiger partial charge in [0, 0.05) is 18.1 Å². The topological polar surface area (TPSA) is 6.48 Å². The van der Waals surface area contributed by atoms with Gasteiger partial charge in [-0.05, 0) is 62.2 Å². The molecule has 15 heavy (non-hydrogen) atoms. The molecule has 0 N–H and O–H groups in total. The van der Waals surface area contributed by atoms with Crippen LogP contribution in [0.25, 0.3) is 0 Å². The maximum Gasteiger partial charge on any atom is 0.00411 e. The smallest absolute Gasteiger partial charge is 0.00411 e. The molecule has 0 bridgehead atoms. The van der Waals surface area contributed by atoms with Crippen molar-refractivity contribution in [3.8, 4) is 0 Å². The maximum absolute atomic E-state index is 2.46. The lowest BCUT2D eigenvalue weighted by atomic mass is 10.2. The van der Waals surface area contributed by atoms with E-state index in [0.717, 1.165) is 6.54 Å². The van der Waals surface area contributed by atoms with Crippen molar-refractivity contribution in [2.45, 2.75) is 66.6 Å². The summed E-state index contributed by atoms with van der Waals surface area (Å²) in [6.45, 7) is 16.7. The normalized spacial score (nSPS) is 11.6. The minimum Gasteiger partial charge on any atom is -0.307 e. The standard InChI is InChI=1S/C8H19N.C5H13N/c1-6-9(7(2)3)8(4)5;1-5(2)6(3)4/h7-8H,6H2,1-5H3;5H,1-4H3. The van der Waals surface area contributed by atoms with Crippen molar-refractivity contribution >= 4 is 0 Å². The molecule has 0 unspecified atom stereocenters. The third-order valence-electron chi connectivity index (χ3n) is 2.72. The fraction of sp³-hybridized carbons (Fsp3) is 1.00. The summed E-state index contributed by atoms with van der Waals surface area (Å²) in [5, 5.41) is 0. The maximum atomic E-state index is 2.46. The van der Waals surface area contributed by atoms with Crippen LogP contribution in [0, 0.1) is 0 Å². The third kappa shape index (κ3) is 10.2. The molecule has 0 aliphatic rings. The molecule has 0 spiro atoms. The van der Waals surface area contributed by atoms with Crippen LogP contribution in [-0.4, -0.2) is 48.6 Å². The van der Waals surface area contributed by atoms with Gasteiger partial charge < -0.3 is 4.90 Å². The number of nitrogens with zero attached hydrogens (tertiary/aromatic N) is 2. The van der Waals surface area contributed by atoms with Crippen LogP contribution in [0.5, 0.6) is 0 Å². The first kappa shape index (κ1) is 17.3.